The van der Waals surface area contributed by atoms with Gasteiger partial charge in [0.1, 0.15) is 17.0 Å². The summed E-state index contributed by atoms with van der Waals surface area (Å²) in [4.78, 5) is 12.5. The Balaban J connectivity index is 1.32. The minimum atomic E-state index is 0.742. The average Bonchev–Trinajstić information content (AvgIpc) is 3.19. The topological polar surface area (TPSA) is 41.1 Å². The predicted octanol–water partition coefficient (Wildman–Crippen LogP) is 5.48. The normalized spacial score (nSPS) is 14.1. The van der Waals surface area contributed by atoms with Crippen LogP contribution >= 0.6 is 22.9 Å². The Morgan fingerprint density at radius 3 is 2.72 bits per heavy atom. The molecule has 4 aromatic rings. The zero-order valence-corrected chi connectivity index (χ0v) is 17.5. The fraction of sp³-hybridized carbons (Fsp3) is 0.217. The number of thiophene rings is 1. The Morgan fingerprint density at radius 2 is 1.86 bits per heavy atom. The van der Waals surface area contributed by atoms with Gasteiger partial charge < -0.3 is 5.32 Å². The SMILES string of the molecule is Clc1ccc(-c2csc3ncnc(NCCN4CCc5ccccc5C4)c23)cc1. The van der Waals surface area contributed by atoms with Gasteiger partial charge in [0.15, 0.2) is 0 Å². The van der Waals surface area contributed by atoms with E-state index in [2.05, 4.69) is 49.8 Å². The first-order valence-corrected chi connectivity index (χ1v) is 11.0. The predicted molar refractivity (Wildman–Crippen MR) is 122 cm³/mol. The second kappa shape index (κ2) is 8.11. The van der Waals surface area contributed by atoms with Crippen molar-refractivity contribution in [2.45, 2.75) is 13.0 Å². The second-order valence-corrected chi connectivity index (χ2v) is 8.57. The van der Waals surface area contributed by atoms with Crippen LogP contribution in [0.1, 0.15) is 11.1 Å². The molecule has 0 saturated heterocycles. The summed E-state index contributed by atoms with van der Waals surface area (Å²) in [5.41, 5.74) is 5.22. The summed E-state index contributed by atoms with van der Waals surface area (Å²) in [6.45, 7) is 3.96. The van der Waals surface area contributed by atoms with Crippen molar-refractivity contribution in [1.29, 1.82) is 0 Å². The molecule has 1 aliphatic rings. The van der Waals surface area contributed by atoms with Crippen LogP contribution in [-0.2, 0) is 13.0 Å². The molecule has 0 radical (unpaired) electrons. The van der Waals surface area contributed by atoms with Crippen LogP contribution in [0.15, 0.2) is 60.2 Å². The molecule has 0 atom stereocenters. The van der Waals surface area contributed by atoms with Crippen molar-refractivity contribution < 1.29 is 0 Å². The second-order valence-electron chi connectivity index (χ2n) is 7.28. The molecule has 0 unspecified atom stereocenters. The van der Waals surface area contributed by atoms with Crippen LogP contribution < -0.4 is 5.32 Å². The van der Waals surface area contributed by atoms with E-state index >= 15 is 0 Å². The summed E-state index contributed by atoms with van der Waals surface area (Å²) in [5, 5.41) is 7.53. The molecule has 1 N–H and O–H groups in total. The fourth-order valence-electron chi connectivity index (χ4n) is 3.93. The first-order valence-electron chi connectivity index (χ1n) is 9.79. The maximum atomic E-state index is 6.06. The fourth-order valence-corrected chi connectivity index (χ4v) is 4.97. The molecule has 146 valence electrons. The number of rotatable bonds is 5. The molecule has 4 nitrogen and oxygen atoms in total. The number of aromatic nitrogens is 2. The van der Waals surface area contributed by atoms with E-state index < -0.39 is 0 Å². The van der Waals surface area contributed by atoms with Crippen molar-refractivity contribution in [3.63, 3.8) is 0 Å². The van der Waals surface area contributed by atoms with Gasteiger partial charge in [-0.2, -0.15) is 0 Å². The molecule has 0 bridgehead atoms. The quantitative estimate of drug-likeness (QED) is 0.464. The Labute approximate surface area is 179 Å². The highest BCUT2D eigenvalue weighted by Gasteiger charge is 2.16. The third-order valence-electron chi connectivity index (χ3n) is 5.46. The molecule has 0 spiro atoms. The van der Waals surface area contributed by atoms with E-state index in [1.54, 1.807) is 17.7 Å². The monoisotopic (exact) mass is 420 g/mol. The Morgan fingerprint density at radius 1 is 1.03 bits per heavy atom. The molecule has 1 aliphatic heterocycles. The van der Waals surface area contributed by atoms with E-state index in [4.69, 9.17) is 11.6 Å². The lowest BCUT2D eigenvalue weighted by molar-refractivity contribution is 0.264. The Kier molecular flexibility index (Phi) is 5.19. The number of anilines is 1. The van der Waals surface area contributed by atoms with Crippen LogP contribution in [0.4, 0.5) is 5.82 Å². The van der Waals surface area contributed by atoms with Crippen LogP contribution in [0, 0.1) is 0 Å². The van der Waals surface area contributed by atoms with Gasteiger partial charge in [-0.3, -0.25) is 4.90 Å². The van der Waals surface area contributed by atoms with E-state index in [9.17, 15) is 0 Å². The zero-order valence-electron chi connectivity index (χ0n) is 15.9. The summed E-state index contributed by atoms with van der Waals surface area (Å²) in [7, 11) is 0. The maximum absolute atomic E-state index is 6.06. The van der Waals surface area contributed by atoms with Gasteiger partial charge in [-0.15, -0.1) is 11.3 Å². The maximum Gasteiger partial charge on any atom is 0.138 e. The van der Waals surface area contributed by atoms with Crippen LogP contribution in [0.2, 0.25) is 5.02 Å². The van der Waals surface area contributed by atoms with Gasteiger partial charge in [0.2, 0.25) is 0 Å². The van der Waals surface area contributed by atoms with Crippen molar-refractivity contribution in [3.05, 3.63) is 76.4 Å². The molecule has 5 rings (SSSR count). The third kappa shape index (κ3) is 3.86. The number of nitrogens with one attached hydrogen (secondary N) is 1. The number of benzene rings is 2. The van der Waals surface area contributed by atoms with Gasteiger partial charge in [-0.05, 0) is 35.2 Å². The molecule has 29 heavy (non-hydrogen) atoms. The standard InChI is InChI=1S/C23H21ClN4S/c24-19-7-5-17(6-8-19)20-14-29-23-21(20)22(26-15-27-23)25-10-12-28-11-9-16-3-1-2-4-18(16)13-28/h1-8,14-15H,9-13H2,(H,25,26,27). The Hall–Kier alpha value is -2.47. The largest absolute Gasteiger partial charge is 0.368 e. The molecular weight excluding hydrogens is 400 g/mol. The minimum absolute atomic E-state index is 0.742. The molecule has 0 saturated carbocycles. The molecule has 2 aromatic carbocycles. The highest BCUT2D eigenvalue weighted by molar-refractivity contribution is 7.17. The molecular formula is C23H21ClN4S. The molecule has 3 heterocycles. The number of fused-ring (bicyclic) bond motifs is 2. The van der Waals surface area contributed by atoms with Gasteiger partial charge in [-0.25, -0.2) is 9.97 Å². The van der Waals surface area contributed by atoms with E-state index in [0.717, 1.165) is 64.8 Å². The number of hydrogen-bond donors (Lipinski definition) is 1. The van der Waals surface area contributed by atoms with E-state index in [1.807, 2.05) is 24.3 Å². The third-order valence-corrected chi connectivity index (χ3v) is 6.59. The number of nitrogens with zero attached hydrogens (tertiary/aromatic N) is 3. The first-order chi connectivity index (χ1) is 14.3. The van der Waals surface area contributed by atoms with E-state index in [1.165, 1.54) is 11.1 Å². The van der Waals surface area contributed by atoms with Crippen molar-refractivity contribution in [1.82, 2.24) is 14.9 Å². The summed E-state index contributed by atoms with van der Waals surface area (Å²) in [6.07, 6.45) is 2.77. The summed E-state index contributed by atoms with van der Waals surface area (Å²) in [5.74, 6) is 0.901. The lowest BCUT2D eigenvalue weighted by Gasteiger charge is -2.28. The zero-order chi connectivity index (χ0) is 19.6. The minimum Gasteiger partial charge on any atom is -0.368 e. The van der Waals surface area contributed by atoms with Crippen molar-refractivity contribution in [2.75, 3.05) is 25.0 Å². The van der Waals surface area contributed by atoms with Gasteiger partial charge >= 0.3 is 0 Å². The number of hydrogen-bond acceptors (Lipinski definition) is 5. The average molecular weight is 421 g/mol. The van der Waals surface area contributed by atoms with Crippen molar-refractivity contribution >= 4 is 39.0 Å². The van der Waals surface area contributed by atoms with Crippen molar-refractivity contribution in [2.24, 2.45) is 0 Å². The summed E-state index contributed by atoms with van der Waals surface area (Å²) < 4.78 is 0. The van der Waals surface area contributed by atoms with E-state index in [-0.39, 0.29) is 0 Å². The highest BCUT2D eigenvalue weighted by atomic mass is 35.5. The van der Waals surface area contributed by atoms with Crippen molar-refractivity contribution in [3.8, 4) is 11.1 Å². The lowest BCUT2D eigenvalue weighted by Crippen LogP contribution is -2.34. The molecule has 2 aromatic heterocycles. The summed E-state index contributed by atoms with van der Waals surface area (Å²) >= 11 is 7.70. The highest BCUT2D eigenvalue weighted by Crippen LogP contribution is 2.36. The molecule has 0 aliphatic carbocycles. The van der Waals surface area contributed by atoms with Gasteiger partial charge in [0.25, 0.3) is 0 Å². The van der Waals surface area contributed by atoms with E-state index in [0.29, 0.717) is 0 Å². The smallest absolute Gasteiger partial charge is 0.138 e. The number of halogens is 1. The van der Waals surface area contributed by atoms with Gasteiger partial charge in [-0.1, -0.05) is 48.0 Å². The Bertz CT molecular complexity index is 1140. The molecule has 0 fully saturated rings. The van der Waals surface area contributed by atoms with Crippen LogP contribution in [0.5, 0.6) is 0 Å². The molecule has 6 heteroatoms. The van der Waals surface area contributed by atoms with Crippen LogP contribution in [-0.4, -0.2) is 34.5 Å². The van der Waals surface area contributed by atoms with Crippen LogP contribution in [0.25, 0.3) is 21.3 Å². The molecule has 0 amide bonds. The van der Waals surface area contributed by atoms with Gasteiger partial charge in [0, 0.05) is 42.1 Å². The summed E-state index contributed by atoms with van der Waals surface area (Å²) in [6, 6.07) is 16.7. The first kappa shape index (κ1) is 18.6. The lowest BCUT2D eigenvalue weighted by atomic mass is 10.00. The van der Waals surface area contributed by atoms with Gasteiger partial charge in [0.05, 0.1) is 5.39 Å². The van der Waals surface area contributed by atoms with Crippen LogP contribution in [0.3, 0.4) is 0 Å².